The van der Waals surface area contributed by atoms with Gasteiger partial charge in [0.05, 0.1) is 6.10 Å². The molecule has 17 heavy (non-hydrogen) atoms. The number of rotatable bonds is 5. The molecular formula is C14H20FNO. The summed E-state index contributed by atoms with van der Waals surface area (Å²) in [6.07, 6.45) is 4.64. The molecule has 0 aliphatic heterocycles. The van der Waals surface area contributed by atoms with Gasteiger partial charge in [-0.25, -0.2) is 4.39 Å². The fraction of sp³-hybridized carbons (Fsp3) is 0.571. The zero-order valence-electron chi connectivity index (χ0n) is 10.3. The van der Waals surface area contributed by atoms with Gasteiger partial charge in [-0.3, -0.25) is 0 Å². The number of ether oxygens (including phenoxy) is 1. The summed E-state index contributed by atoms with van der Waals surface area (Å²) in [5.74, 6) is 0.868. The van der Waals surface area contributed by atoms with E-state index in [2.05, 4.69) is 6.92 Å². The number of hydrogen-bond donors (Lipinski definition) is 1. The molecule has 1 aliphatic rings. The highest BCUT2D eigenvalue weighted by molar-refractivity contribution is 5.37. The lowest BCUT2D eigenvalue weighted by Gasteiger charge is -2.28. The Kier molecular flexibility index (Phi) is 4.00. The van der Waals surface area contributed by atoms with E-state index in [-0.39, 0.29) is 11.7 Å². The highest BCUT2D eigenvalue weighted by Gasteiger charge is 2.21. The van der Waals surface area contributed by atoms with Crippen molar-refractivity contribution in [2.75, 3.05) is 6.54 Å². The molecule has 94 valence electrons. The van der Waals surface area contributed by atoms with Crippen molar-refractivity contribution < 1.29 is 9.13 Å². The first kappa shape index (κ1) is 12.4. The molecule has 1 aromatic rings. The minimum atomic E-state index is -0.204. The summed E-state index contributed by atoms with van der Waals surface area (Å²) in [5, 5.41) is 0. The summed E-state index contributed by atoms with van der Waals surface area (Å²) >= 11 is 0. The van der Waals surface area contributed by atoms with Crippen molar-refractivity contribution in [3.63, 3.8) is 0 Å². The van der Waals surface area contributed by atoms with Crippen molar-refractivity contribution in [3.8, 4) is 5.75 Å². The second-order valence-electron chi connectivity index (χ2n) is 4.83. The van der Waals surface area contributed by atoms with Gasteiger partial charge in [0.1, 0.15) is 11.6 Å². The van der Waals surface area contributed by atoms with Crippen molar-refractivity contribution in [1.82, 2.24) is 0 Å². The fourth-order valence-electron chi connectivity index (χ4n) is 2.09. The summed E-state index contributed by atoms with van der Waals surface area (Å²) < 4.78 is 19.2. The van der Waals surface area contributed by atoms with Gasteiger partial charge in [0.15, 0.2) is 0 Å². The molecule has 1 saturated carbocycles. The number of halogens is 1. The Morgan fingerprint density at radius 3 is 2.82 bits per heavy atom. The smallest absolute Gasteiger partial charge is 0.123 e. The fourth-order valence-corrected chi connectivity index (χ4v) is 2.09. The first-order chi connectivity index (χ1) is 8.20. The first-order valence-corrected chi connectivity index (χ1v) is 6.37. The van der Waals surface area contributed by atoms with Crippen molar-refractivity contribution >= 4 is 0 Å². The lowest BCUT2D eigenvalue weighted by molar-refractivity contribution is 0.118. The standard InChI is InChI=1S/C14H20FNO/c1-10(7-8-16)13-9-11(15)5-6-14(13)17-12-3-2-4-12/h5-6,9-10,12H,2-4,7-8,16H2,1H3. The molecule has 2 N–H and O–H groups in total. The van der Waals surface area contributed by atoms with Gasteiger partial charge in [-0.05, 0) is 61.9 Å². The third-order valence-electron chi connectivity index (χ3n) is 3.45. The average molecular weight is 237 g/mol. The predicted octanol–water partition coefficient (Wildman–Crippen LogP) is 3.21. The van der Waals surface area contributed by atoms with Gasteiger partial charge >= 0.3 is 0 Å². The maximum Gasteiger partial charge on any atom is 0.123 e. The Morgan fingerprint density at radius 1 is 1.47 bits per heavy atom. The molecule has 0 amide bonds. The molecule has 0 heterocycles. The van der Waals surface area contributed by atoms with E-state index in [4.69, 9.17) is 10.5 Å². The maximum atomic E-state index is 13.3. The Hall–Kier alpha value is -1.09. The van der Waals surface area contributed by atoms with E-state index in [1.54, 1.807) is 12.1 Å². The van der Waals surface area contributed by atoms with E-state index < -0.39 is 0 Å². The van der Waals surface area contributed by atoms with Gasteiger partial charge < -0.3 is 10.5 Å². The Labute approximate surface area is 102 Å². The Bertz CT molecular complexity index is 376. The van der Waals surface area contributed by atoms with Crippen molar-refractivity contribution in [2.45, 2.75) is 44.6 Å². The highest BCUT2D eigenvalue weighted by atomic mass is 19.1. The van der Waals surface area contributed by atoms with E-state index in [0.717, 1.165) is 30.6 Å². The Balaban J connectivity index is 2.16. The van der Waals surface area contributed by atoms with Crippen LogP contribution in [0.3, 0.4) is 0 Å². The van der Waals surface area contributed by atoms with Gasteiger partial charge in [-0.1, -0.05) is 6.92 Å². The van der Waals surface area contributed by atoms with Crippen LogP contribution in [0.2, 0.25) is 0 Å². The minimum absolute atomic E-state index is 0.204. The van der Waals surface area contributed by atoms with Crippen LogP contribution in [0.5, 0.6) is 5.75 Å². The van der Waals surface area contributed by atoms with E-state index in [1.165, 1.54) is 12.5 Å². The summed E-state index contributed by atoms with van der Waals surface area (Å²) in [4.78, 5) is 0. The molecule has 0 saturated heterocycles. The zero-order chi connectivity index (χ0) is 12.3. The van der Waals surface area contributed by atoms with Crippen LogP contribution < -0.4 is 10.5 Å². The molecule has 1 aromatic carbocycles. The van der Waals surface area contributed by atoms with Crippen molar-refractivity contribution in [1.29, 1.82) is 0 Å². The van der Waals surface area contributed by atoms with Gasteiger partial charge in [0, 0.05) is 0 Å². The van der Waals surface area contributed by atoms with Crippen LogP contribution in [0.25, 0.3) is 0 Å². The monoisotopic (exact) mass is 237 g/mol. The van der Waals surface area contributed by atoms with Crippen LogP contribution in [-0.4, -0.2) is 12.6 Å². The van der Waals surface area contributed by atoms with E-state index in [9.17, 15) is 4.39 Å². The predicted molar refractivity (Wildman–Crippen MR) is 66.8 cm³/mol. The molecule has 2 nitrogen and oxygen atoms in total. The van der Waals surface area contributed by atoms with Crippen LogP contribution in [-0.2, 0) is 0 Å². The van der Waals surface area contributed by atoms with Crippen LogP contribution in [0.4, 0.5) is 4.39 Å². The van der Waals surface area contributed by atoms with Crippen LogP contribution in [0.15, 0.2) is 18.2 Å². The first-order valence-electron chi connectivity index (χ1n) is 6.37. The molecule has 1 fully saturated rings. The lowest BCUT2D eigenvalue weighted by atomic mass is 9.94. The molecule has 0 aromatic heterocycles. The quantitative estimate of drug-likeness (QED) is 0.853. The number of hydrogen-bond acceptors (Lipinski definition) is 2. The number of benzene rings is 1. The molecule has 1 unspecified atom stereocenters. The van der Waals surface area contributed by atoms with Gasteiger partial charge in [0.25, 0.3) is 0 Å². The van der Waals surface area contributed by atoms with Gasteiger partial charge in [0.2, 0.25) is 0 Å². The van der Waals surface area contributed by atoms with Crippen LogP contribution >= 0.6 is 0 Å². The largest absolute Gasteiger partial charge is 0.490 e. The highest BCUT2D eigenvalue weighted by Crippen LogP contribution is 2.33. The van der Waals surface area contributed by atoms with Crippen molar-refractivity contribution in [2.24, 2.45) is 5.73 Å². The maximum absolute atomic E-state index is 13.3. The van der Waals surface area contributed by atoms with Gasteiger partial charge in [-0.2, -0.15) is 0 Å². The lowest BCUT2D eigenvalue weighted by Crippen LogP contribution is -2.25. The van der Waals surface area contributed by atoms with Gasteiger partial charge in [-0.15, -0.1) is 0 Å². The molecule has 0 bridgehead atoms. The summed E-state index contributed by atoms with van der Waals surface area (Å²) in [5.41, 5.74) is 6.51. The Morgan fingerprint density at radius 2 is 2.24 bits per heavy atom. The minimum Gasteiger partial charge on any atom is -0.490 e. The van der Waals surface area contributed by atoms with Crippen LogP contribution in [0.1, 0.15) is 44.1 Å². The molecule has 2 rings (SSSR count). The topological polar surface area (TPSA) is 35.2 Å². The molecule has 0 spiro atoms. The average Bonchev–Trinajstić information content (AvgIpc) is 2.25. The SMILES string of the molecule is CC(CCN)c1cc(F)ccc1OC1CCC1. The summed E-state index contributed by atoms with van der Waals surface area (Å²) in [6, 6.07) is 4.79. The van der Waals surface area contributed by atoms with E-state index in [0.29, 0.717) is 12.6 Å². The van der Waals surface area contributed by atoms with Crippen molar-refractivity contribution in [3.05, 3.63) is 29.6 Å². The molecule has 1 aliphatic carbocycles. The summed E-state index contributed by atoms with van der Waals surface area (Å²) in [6.45, 7) is 2.68. The number of nitrogens with two attached hydrogens (primary N) is 1. The van der Waals surface area contributed by atoms with E-state index >= 15 is 0 Å². The van der Waals surface area contributed by atoms with Crippen LogP contribution in [0, 0.1) is 5.82 Å². The van der Waals surface area contributed by atoms with E-state index in [1.807, 2.05) is 0 Å². The normalized spacial score (nSPS) is 17.6. The zero-order valence-corrected chi connectivity index (χ0v) is 10.3. The molecule has 3 heteroatoms. The second kappa shape index (κ2) is 5.50. The third-order valence-corrected chi connectivity index (χ3v) is 3.45. The second-order valence-corrected chi connectivity index (χ2v) is 4.83. The summed E-state index contributed by atoms with van der Waals surface area (Å²) in [7, 11) is 0. The molecule has 0 radical (unpaired) electrons. The third kappa shape index (κ3) is 2.97. The molecule has 1 atom stereocenters. The molecular weight excluding hydrogens is 217 g/mol.